The van der Waals surface area contributed by atoms with Crippen molar-refractivity contribution in [1.82, 2.24) is 4.90 Å². The summed E-state index contributed by atoms with van der Waals surface area (Å²) < 4.78 is 0. The summed E-state index contributed by atoms with van der Waals surface area (Å²) in [5.74, 6) is 0. The number of likely N-dealkylation sites (tertiary alicyclic amines) is 1. The molecule has 1 saturated heterocycles. The van der Waals surface area contributed by atoms with Crippen molar-refractivity contribution in [3.63, 3.8) is 0 Å². The Morgan fingerprint density at radius 3 is 2.79 bits per heavy atom. The standard InChI is InChI=1S/C13H23N/c1-4-6-9-13(5-2)11-14-10-7-8-12(14)3/h5-6,9,12H,4,7-8,10-11H2,1-3H3/b9-6-,13-5+. The van der Waals surface area contributed by atoms with Crippen LogP contribution in [0.25, 0.3) is 0 Å². The van der Waals surface area contributed by atoms with Crippen molar-refractivity contribution in [2.75, 3.05) is 13.1 Å². The molecule has 0 N–H and O–H groups in total. The third kappa shape index (κ3) is 3.30. The van der Waals surface area contributed by atoms with E-state index in [0.29, 0.717) is 0 Å². The van der Waals surface area contributed by atoms with Crippen LogP contribution < -0.4 is 0 Å². The van der Waals surface area contributed by atoms with Crippen LogP contribution in [0, 0.1) is 0 Å². The largest absolute Gasteiger partial charge is 0.296 e. The summed E-state index contributed by atoms with van der Waals surface area (Å²) in [6, 6.07) is 0.778. The zero-order valence-corrected chi connectivity index (χ0v) is 9.79. The van der Waals surface area contributed by atoms with Crippen LogP contribution in [0.1, 0.15) is 40.0 Å². The molecule has 0 bridgehead atoms. The van der Waals surface area contributed by atoms with E-state index in [0.717, 1.165) is 19.0 Å². The molecule has 0 amide bonds. The molecule has 0 aromatic rings. The summed E-state index contributed by atoms with van der Waals surface area (Å²) in [4.78, 5) is 2.58. The van der Waals surface area contributed by atoms with Gasteiger partial charge in [-0.25, -0.2) is 0 Å². The first kappa shape index (κ1) is 11.5. The van der Waals surface area contributed by atoms with Gasteiger partial charge < -0.3 is 0 Å². The number of hydrogen-bond donors (Lipinski definition) is 0. The molecule has 1 fully saturated rings. The molecule has 1 unspecified atom stereocenters. The average Bonchev–Trinajstić information content (AvgIpc) is 2.59. The van der Waals surface area contributed by atoms with Gasteiger partial charge in [0.2, 0.25) is 0 Å². The summed E-state index contributed by atoms with van der Waals surface area (Å²) in [6.45, 7) is 9.06. The molecule has 0 radical (unpaired) electrons. The number of allylic oxidation sites excluding steroid dienone is 2. The molecule has 1 nitrogen and oxygen atoms in total. The molecule has 0 aromatic carbocycles. The van der Waals surface area contributed by atoms with E-state index in [4.69, 9.17) is 0 Å². The third-order valence-corrected chi connectivity index (χ3v) is 3.01. The Hall–Kier alpha value is -0.560. The molecule has 0 aromatic heterocycles. The van der Waals surface area contributed by atoms with Gasteiger partial charge in [0.25, 0.3) is 0 Å². The first-order chi connectivity index (χ1) is 6.77. The topological polar surface area (TPSA) is 3.24 Å². The fourth-order valence-electron chi connectivity index (χ4n) is 1.97. The quantitative estimate of drug-likeness (QED) is 0.619. The van der Waals surface area contributed by atoms with E-state index in [1.807, 2.05) is 0 Å². The Kier molecular flexibility index (Phi) is 4.95. The average molecular weight is 193 g/mol. The molecule has 0 saturated carbocycles. The summed E-state index contributed by atoms with van der Waals surface area (Å²) in [6.07, 6.45) is 10.6. The number of nitrogens with zero attached hydrogens (tertiary/aromatic N) is 1. The molecule has 14 heavy (non-hydrogen) atoms. The normalized spacial score (nSPS) is 25.1. The highest BCUT2D eigenvalue weighted by Gasteiger charge is 2.19. The van der Waals surface area contributed by atoms with E-state index in [-0.39, 0.29) is 0 Å². The minimum Gasteiger partial charge on any atom is -0.296 e. The molecule has 0 aliphatic carbocycles. The van der Waals surface area contributed by atoms with Crippen LogP contribution in [0.3, 0.4) is 0 Å². The molecule has 1 rings (SSSR count). The van der Waals surface area contributed by atoms with Gasteiger partial charge in [-0.3, -0.25) is 4.90 Å². The summed E-state index contributed by atoms with van der Waals surface area (Å²) in [5, 5.41) is 0. The Morgan fingerprint density at radius 1 is 1.50 bits per heavy atom. The Labute approximate surface area is 88.5 Å². The van der Waals surface area contributed by atoms with Gasteiger partial charge in [0, 0.05) is 12.6 Å². The van der Waals surface area contributed by atoms with Crippen molar-refractivity contribution in [3.05, 3.63) is 23.8 Å². The van der Waals surface area contributed by atoms with Gasteiger partial charge in [-0.05, 0) is 45.2 Å². The van der Waals surface area contributed by atoms with E-state index < -0.39 is 0 Å². The predicted molar refractivity (Wildman–Crippen MR) is 63.5 cm³/mol. The fourth-order valence-corrected chi connectivity index (χ4v) is 1.97. The molecule has 1 atom stereocenters. The highest BCUT2D eigenvalue weighted by Crippen LogP contribution is 2.18. The molecular weight excluding hydrogens is 170 g/mol. The Balaban J connectivity index is 2.44. The van der Waals surface area contributed by atoms with Crippen molar-refractivity contribution in [2.24, 2.45) is 0 Å². The molecule has 1 aliphatic rings. The molecule has 80 valence electrons. The monoisotopic (exact) mass is 193 g/mol. The van der Waals surface area contributed by atoms with Crippen molar-refractivity contribution >= 4 is 0 Å². The van der Waals surface area contributed by atoms with Crippen molar-refractivity contribution in [2.45, 2.75) is 46.1 Å². The second-order valence-corrected chi connectivity index (χ2v) is 4.14. The van der Waals surface area contributed by atoms with Gasteiger partial charge in [0.05, 0.1) is 0 Å². The van der Waals surface area contributed by atoms with Crippen LogP contribution in [-0.2, 0) is 0 Å². The first-order valence-corrected chi connectivity index (χ1v) is 5.83. The fraction of sp³-hybridized carbons (Fsp3) is 0.692. The predicted octanol–water partition coefficient (Wildman–Crippen LogP) is 3.38. The Morgan fingerprint density at radius 2 is 2.29 bits per heavy atom. The molecule has 0 spiro atoms. The highest BCUT2D eigenvalue weighted by molar-refractivity contribution is 5.19. The maximum Gasteiger partial charge on any atom is 0.0233 e. The lowest BCUT2D eigenvalue weighted by molar-refractivity contribution is 0.293. The molecular formula is C13H23N. The van der Waals surface area contributed by atoms with E-state index in [2.05, 4.69) is 43.9 Å². The maximum atomic E-state index is 2.58. The van der Waals surface area contributed by atoms with E-state index in [9.17, 15) is 0 Å². The van der Waals surface area contributed by atoms with Gasteiger partial charge in [0.15, 0.2) is 0 Å². The van der Waals surface area contributed by atoms with E-state index in [1.54, 1.807) is 0 Å². The van der Waals surface area contributed by atoms with Crippen LogP contribution in [0.5, 0.6) is 0 Å². The lowest BCUT2D eigenvalue weighted by Gasteiger charge is -2.21. The smallest absolute Gasteiger partial charge is 0.0233 e. The Bertz CT molecular complexity index is 215. The van der Waals surface area contributed by atoms with Gasteiger partial charge in [-0.2, -0.15) is 0 Å². The number of rotatable bonds is 4. The SMILES string of the molecule is C/C=C(\C=C/CC)CN1CCCC1C. The second kappa shape index (κ2) is 6.02. The van der Waals surface area contributed by atoms with Gasteiger partial charge >= 0.3 is 0 Å². The van der Waals surface area contributed by atoms with Crippen molar-refractivity contribution in [1.29, 1.82) is 0 Å². The van der Waals surface area contributed by atoms with Crippen LogP contribution in [0.4, 0.5) is 0 Å². The lowest BCUT2D eigenvalue weighted by atomic mass is 10.2. The molecule has 1 heterocycles. The lowest BCUT2D eigenvalue weighted by Crippen LogP contribution is -2.28. The van der Waals surface area contributed by atoms with Crippen LogP contribution in [0.15, 0.2) is 23.8 Å². The van der Waals surface area contributed by atoms with Crippen LogP contribution >= 0.6 is 0 Å². The van der Waals surface area contributed by atoms with Crippen molar-refractivity contribution in [3.8, 4) is 0 Å². The minimum absolute atomic E-state index is 0.778. The second-order valence-electron chi connectivity index (χ2n) is 4.14. The minimum atomic E-state index is 0.778. The number of hydrogen-bond acceptors (Lipinski definition) is 1. The maximum absolute atomic E-state index is 2.58. The zero-order chi connectivity index (χ0) is 10.4. The van der Waals surface area contributed by atoms with Crippen LogP contribution in [0.2, 0.25) is 0 Å². The van der Waals surface area contributed by atoms with Gasteiger partial charge in [-0.15, -0.1) is 0 Å². The van der Waals surface area contributed by atoms with Crippen LogP contribution in [-0.4, -0.2) is 24.0 Å². The van der Waals surface area contributed by atoms with Gasteiger partial charge in [0.1, 0.15) is 0 Å². The summed E-state index contributed by atoms with van der Waals surface area (Å²) >= 11 is 0. The summed E-state index contributed by atoms with van der Waals surface area (Å²) in [7, 11) is 0. The summed E-state index contributed by atoms with van der Waals surface area (Å²) in [5.41, 5.74) is 1.46. The highest BCUT2D eigenvalue weighted by atomic mass is 15.2. The zero-order valence-electron chi connectivity index (χ0n) is 9.79. The van der Waals surface area contributed by atoms with E-state index in [1.165, 1.54) is 25.0 Å². The molecule has 1 heteroatoms. The van der Waals surface area contributed by atoms with E-state index >= 15 is 0 Å². The van der Waals surface area contributed by atoms with Gasteiger partial charge in [-0.1, -0.05) is 25.2 Å². The van der Waals surface area contributed by atoms with Crippen molar-refractivity contribution < 1.29 is 0 Å². The third-order valence-electron chi connectivity index (χ3n) is 3.01. The first-order valence-electron chi connectivity index (χ1n) is 5.83. The molecule has 1 aliphatic heterocycles.